The lowest BCUT2D eigenvalue weighted by molar-refractivity contribution is 0.0698. The zero-order valence-corrected chi connectivity index (χ0v) is 22.4. The average Bonchev–Trinajstić information content (AvgIpc) is 3.34. The first-order valence-electron chi connectivity index (χ1n) is 13.9. The van der Waals surface area contributed by atoms with Crippen molar-refractivity contribution in [3.05, 3.63) is 58.4 Å². The molecule has 0 amide bonds. The third-order valence-corrected chi connectivity index (χ3v) is 9.04. The molecule has 38 heavy (non-hydrogen) atoms. The average molecular weight is 513 g/mol. The highest BCUT2D eigenvalue weighted by Gasteiger charge is 2.48. The Morgan fingerprint density at radius 1 is 1.29 bits per heavy atom. The molecule has 2 aliphatic heterocycles. The van der Waals surface area contributed by atoms with Crippen molar-refractivity contribution in [2.45, 2.75) is 57.4 Å². The summed E-state index contributed by atoms with van der Waals surface area (Å²) in [5.74, 6) is 1.24. The maximum absolute atomic E-state index is 14.4. The van der Waals surface area contributed by atoms with Crippen LogP contribution in [0.1, 0.15) is 65.7 Å². The second-order valence-electron chi connectivity index (χ2n) is 11.5. The highest BCUT2D eigenvalue weighted by molar-refractivity contribution is 6.02. The van der Waals surface area contributed by atoms with E-state index in [2.05, 4.69) is 59.4 Å². The van der Waals surface area contributed by atoms with Crippen molar-refractivity contribution in [2.24, 2.45) is 5.41 Å². The molecule has 1 aromatic heterocycles. The van der Waals surface area contributed by atoms with Crippen LogP contribution in [0.15, 0.2) is 36.0 Å². The molecule has 2 saturated heterocycles. The number of carbonyl (C=O) groups is 1. The van der Waals surface area contributed by atoms with E-state index in [4.69, 9.17) is 14.7 Å². The van der Waals surface area contributed by atoms with E-state index in [0.29, 0.717) is 37.4 Å². The number of rotatable bonds is 4. The number of nitriles is 1. The fourth-order valence-electron chi connectivity index (χ4n) is 7.01. The number of ketones is 1. The number of hydrogen-bond acceptors (Lipinski definition) is 8. The van der Waals surface area contributed by atoms with Gasteiger partial charge in [0.25, 0.3) is 0 Å². The highest BCUT2D eigenvalue weighted by Crippen LogP contribution is 2.50. The Kier molecular flexibility index (Phi) is 6.56. The number of likely N-dealkylation sites (N-methyl/N-ethyl adjacent to an activating group) is 1. The van der Waals surface area contributed by atoms with Gasteiger partial charge in [0.15, 0.2) is 5.78 Å². The van der Waals surface area contributed by atoms with Crippen molar-refractivity contribution in [3.8, 4) is 12.1 Å². The van der Waals surface area contributed by atoms with Gasteiger partial charge < -0.3 is 19.9 Å². The molecule has 1 spiro atoms. The molecule has 6 rings (SSSR count). The monoisotopic (exact) mass is 512 g/mol. The third kappa shape index (κ3) is 4.43. The Hall–Kier alpha value is -3.44. The first-order chi connectivity index (χ1) is 18.5. The number of likely N-dealkylation sites (tertiary alicyclic amines) is 1. The predicted molar refractivity (Wildman–Crippen MR) is 145 cm³/mol. The van der Waals surface area contributed by atoms with Gasteiger partial charge in [0.1, 0.15) is 18.1 Å². The van der Waals surface area contributed by atoms with Crippen LogP contribution in [0.5, 0.6) is 6.01 Å². The first kappa shape index (κ1) is 24.9. The number of allylic oxidation sites excluding steroid dienone is 1. The molecule has 0 saturated carbocycles. The van der Waals surface area contributed by atoms with Gasteiger partial charge in [-0.3, -0.25) is 4.79 Å². The molecule has 2 fully saturated rings. The number of ether oxygens (including phenoxy) is 1. The minimum atomic E-state index is -0.440. The van der Waals surface area contributed by atoms with Crippen molar-refractivity contribution in [1.82, 2.24) is 20.2 Å². The standard InChI is InChI=1S/C30H36N6O2/c1-20-16-30(17-21-6-3-4-8-24(20)21)11-9-25-26(27(30)37)33-29(38-19-23-7-5-14-35(23)2)34-28(25)36-15-13-32-22(18-36)10-12-31/h3-4,6,8,10,20,23,32H,5,7,9,11,13-19H2,1-2H3/b22-10+/t20?,23-,30+/m0/s1. The molecule has 2 aromatic rings. The van der Waals surface area contributed by atoms with E-state index in [1.165, 1.54) is 11.1 Å². The minimum absolute atomic E-state index is 0.134. The van der Waals surface area contributed by atoms with E-state index >= 15 is 0 Å². The normalized spacial score (nSPS) is 28.1. The molecule has 3 heterocycles. The van der Waals surface area contributed by atoms with Crippen LogP contribution in [-0.4, -0.2) is 66.5 Å². The van der Waals surface area contributed by atoms with Crippen molar-refractivity contribution in [2.75, 3.05) is 44.7 Å². The van der Waals surface area contributed by atoms with Crippen molar-refractivity contribution < 1.29 is 9.53 Å². The van der Waals surface area contributed by atoms with E-state index in [1.807, 2.05) is 0 Å². The summed E-state index contributed by atoms with van der Waals surface area (Å²) in [7, 11) is 2.12. The molecule has 0 bridgehead atoms. The number of Topliss-reactive ketones (excluding diaryl/α,β-unsaturated/α-hetero) is 1. The van der Waals surface area contributed by atoms with Crippen molar-refractivity contribution in [1.29, 1.82) is 5.26 Å². The van der Waals surface area contributed by atoms with E-state index < -0.39 is 5.41 Å². The zero-order valence-electron chi connectivity index (χ0n) is 22.4. The largest absolute Gasteiger partial charge is 0.462 e. The molecule has 198 valence electrons. The number of carbonyl (C=O) groups excluding carboxylic acids is 1. The molecule has 3 atom stereocenters. The number of nitrogens with zero attached hydrogens (tertiary/aromatic N) is 5. The molecule has 2 aliphatic carbocycles. The number of hydrogen-bond donors (Lipinski definition) is 1. The number of benzene rings is 1. The van der Waals surface area contributed by atoms with Crippen LogP contribution >= 0.6 is 0 Å². The molecule has 8 heteroatoms. The van der Waals surface area contributed by atoms with Crippen LogP contribution in [0.4, 0.5) is 5.82 Å². The van der Waals surface area contributed by atoms with E-state index in [-0.39, 0.29) is 11.8 Å². The van der Waals surface area contributed by atoms with E-state index in [1.54, 1.807) is 6.08 Å². The van der Waals surface area contributed by atoms with Gasteiger partial charge in [0.2, 0.25) is 0 Å². The van der Waals surface area contributed by atoms with Crippen LogP contribution in [0.25, 0.3) is 0 Å². The van der Waals surface area contributed by atoms with E-state index in [9.17, 15) is 10.1 Å². The van der Waals surface area contributed by atoms with Gasteiger partial charge in [-0.1, -0.05) is 31.2 Å². The Bertz CT molecular complexity index is 1320. The molecular weight excluding hydrogens is 476 g/mol. The quantitative estimate of drug-likeness (QED) is 0.621. The lowest BCUT2D eigenvalue weighted by atomic mass is 9.60. The number of anilines is 1. The Balaban J connectivity index is 1.37. The molecular formula is C30H36N6O2. The summed E-state index contributed by atoms with van der Waals surface area (Å²) in [4.78, 5) is 28.6. The van der Waals surface area contributed by atoms with Gasteiger partial charge >= 0.3 is 6.01 Å². The predicted octanol–water partition coefficient (Wildman–Crippen LogP) is 3.63. The fourth-order valence-corrected chi connectivity index (χ4v) is 7.01. The molecule has 0 radical (unpaired) electrons. The molecule has 1 aromatic carbocycles. The van der Waals surface area contributed by atoms with Crippen LogP contribution in [0.3, 0.4) is 0 Å². The third-order valence-electron chi connectivity index (χ3n) is 9.04. The van der Waals surface area contributed by atoms with Crippen LogP contribution < -0.4 is 15.0 Å². The molecule has 1 N–H and O–H groups in total. The van der Waals surface area contributed by atoms with Crippen LogP contribution in [-0.2, 0) is 12.8 Å². The van der Waals surface area contributed by atoms with Gasteiger partial charge in [0, 0.05) is 41.9 Å². The summed E-state index contributed by atoms with van der Waals surface area (Å²) in [6, 6.07) is 11.3. The lowest BCUT2D eigenvalue weighted by Gasteiger charge is -2.43. The van der Waals surface area contributed by atoms with Crippen molar-refractivity contribution >= 4 is 11.6 Å². The van der Waals surface area contributed by atoms with Crippen LogP contribution in [0.2, 0.25) is 0 Å². The van der Waals surface area contributed by atoms with Gasteiger partial charge in [-0.25, -0.2) is 0 Å². The summed E-state index contributed by atoms with van der Waals surface area (Å²) < 4.78 is 6.21. The second kappa shape index (κ2) is 10.0. The number of aromatic nitrogens is 2. The van der Waals surface area contributed by atoms with Crippen molar-refractivity contribution in [3.63, 3.8) is 0 Å². The fraction of sp³-hybridized carbons (Fsp3) is 0.533. The van der Waals surface area contributed by atoms with E-state index in [0.717, 1.165) is 68.7 Å². The Morgan fingerprint density at radius 3 is 2.97 bits per heavy atom. The van der Waals surface area contributed by atoms with Gasteiger partial charge in [-0.15, -0.1) is 0 Å². The second-order valence-corrected chi connectivity index (χ2v) is 11.5. The minimum Gasteiger partial charge on any atom is -0.462 e. The highest BCUT2D eigenvalue weighted by atomic mass is 16.5. The van der Waals surface area contributed by atoms with Gasteiger partial charge in [-0.05, 0) is 69.2 Å². The Morgan fingerprint density at radius 2 is 2.16 bits per heavy atom. The van der Waals surface area contributed by atoms with Gasteiger partial charge in [0.05, 0.1) is 12.6 Å². The molecule has 1 unspecified atom stereocenters. The summed E-state index contributed by atoms with van der Waals surface area (Å²) in [6.45, 7) is 5.82. The summed E-state index contributed by atoms with van der Waals surface area (Å²) in [6.07, 6.45) is 6.97. The van der Waals surface area contributed by atoms with Crippen LogP contribution in [0, 0.1) is 16.7 Å². The number of piperazine rings is 1. The molecule has 4 aliphatic rings. The smallest absolute Gasteiger partial charge is 0.319 e. The summed E-state index contributed by atoms with van der Waals surface area (Å²) >= 11 is 0. The number of nitrogens with one attached hydrogen (secondary N) is 1. The van der Waals surface area contributed by atoms with Gasteiger partial charge in [-0.2, -0.15) is 15.2 Å². The topological polar surface area (TPSA) is 94.4 Å². The first-order valence-corrected chi connectivity index (χ1v) is 13.9. The Labute approximate surface area is 224 Å². The lowest BCUT2D eigenvalue weighted by Crippen LogP contribution is -2.45. The summed E-state index contributed by atoms with van der Waals surface area (Å²) in [5, 5.41) is 12.5. The summed E-state index contributed by atoms with van der Waals surface area (Å²) in [5.41, 5.74) is 4.53. The maximum atomic E-state index is 14.4. The maximum Gasteiger partial charge on any atom is 0.319 e. The SMILES string of the molecule is CC1C[C@]2(CCc3c(nc(OC[C@@H]4CCCN4C)nc3N3CCN/C(=C/C#N)C3)C2=O)Cc2ccccc21. The molecule has 8 nitrogen and oxygen atoms in total. The zero-order chi connectivity index (χ0) is 26.3. The number of fused-ring (bicyclic) bond motifs is 2.